The standard InChI is InChI=1S/C22H23F8N5O3/c1-20(2,3)38-19(37)31-12(6-11-7-14(24)15(25)9-13(11)23)8-17(36)34-4-5-35-16(10-34)32-33-18(35)21(26,27)22(28,29)30/h7,9,12H,4-6,8,10H2,1-3H3,(H,31,37)/t12-/m1/s1. The maximum Gasteiger partial charge on any atom is 0.461 e. The fourth-order valence-corrected chi connectivity index (χ4v) is 3.70. The second kappa shape index (κ2) is 10.4. The number of hydrogen-bond acceptors (Lipinski definition) is 5. The maximum atomic E-state index is 14.2. The van der Waals surface area contributed by atoms with E-state index in [9.17, 15) is 44.7 Å². The third kappa shape index (κ3) is 6.51. The summed E-state index contributed by atoms with van der Waals surface area (Å²) < 4.78 is 113. The first kappa shape index (κ1) is 29.1. The van der Waals surface area contributed by atoms with Gasteiger partial charge in [-0.1, -0.05) is 0 Å². The van der Waals surface area contributed by atoms with Crippen LogP contribution in [0.15, 0.2) is 12.1 Å². The number of aromatic nitrogens is 3. The molecular weight excluding hydrogens is 534 g/mol. The number of amides is 2. The van der Waals surface area contributed by atoms with Gasteiger partial charge < -0.3 is 19.5 Å². The molecule has 0 spiro atoms. The molecule has 2 aromatic rings. The van der Waals surface area contributed by atoms with E-state index in [0.717, 1.165) is 4.90 Å². The molecule has 1 atom stereocenters. The topological polar surface area (TPSA) is 89.4 Å². The molecule has 3 rings (SSSR count). The molecule has 0 aliphatic carbocycles. The van der Waals surface area contributed by atoms with Gasteiger partial charge >= 0.3 is 18.2 Å². The van der Waals surface area contributed by atoms with Gasteiger partial charge in [0.05, 0.1) is 6.54 Å². The van der Waals surface area contributed by atoms with Crippen molar-refractivity contribution in [3.05, 3.63) is 46.8 Å². The van der Waals surface area contributed by atoms with Crippen molar-refractivity contribution in [2.45, 2.75) is 70.4 Å². The Morgan fingerprint density at radius 3 is 2.24 bits per heavy atom. The number of carbonyl (C=O) groups excluding carboxylic acids is 2. The van der Waals surface area contributed by atoms with Gasteiger partial charge in [0, 0.05) is 31.6 Å². The number of nitrogens with one attached hydrogen (secondary N) is 1. The van der Waals surface area contributed by atoms with Crippen molar-refractivity contribution in [1.29, 1.82) is 0 Å². The summed E-state index contributed by atoms with van der Waals surface area (Å²) in [6.07, 6.45) is -7.88. The monoisotopic (exact) mass is 557 g/mol. The molecule has 0 saturated heterocycles. The van der Waals surface area contributed by atoms with E-state index in [0.29, 0.717) is 16.7 Å². The highest BCUT2D eigenvalue weighted by atomic mass is 19.4. The Morgan fingerprint density at radius 1 is 1.00 bits per heavy atom. The van der Waals surface area contributed by atoms with Crippen LogP contribution in [0.25, 0.3) is 0 Å². The van der Waals surface area contributed by atoms with E-state index in [1.807, 2.05) is 0 Å². The highest BCUT2D eigenvalue weighted by Crippen LogP contribution is 2.43. The van der Waals surface area contributed by atoms with Crippen LogP contribution in [0.2, 0.25) is 0 Å². The van der Waals surface area contributed by atoms with E-state index >= 15 is 0 Å². The second-order valence-corrected chi connectivity index (χ2v) is 9.59. The molecular formula is C22H23F8N5O3. The van der Waals surface area contributed by atoms with E-state index in [1.54, 1.807) is 20.8 Å². The average Bonchev–Trinajstić information content (AvgIpc) is 3.19. The fraction of sp³-hybridized carbons (Fsp3) is 0.545. The fourth-order valence-electron chi connectivity index (χ4n) is 3.70. The number of rotatable bonds is 6. The summed E-state index contributed by atoms with van der Waals surface area (Å²) in [4.78, 5) is 26.3. The van der Waals surface area contributed by atoms with Crippen LogP contribution in [-0.2, 0) is 35.0 Å². The van der Waals surface area contributed by atoms with Crippen LogP contribution in [0.1, 0.15) is 44.4 Å². The van der Waals surface area contributed by atoms with Crippen molar-refractivity contribution in [3.8, 4) is 0 Å². The highest BCUT2D eigenvalue weighted by Gasteiger charge is 2.62. The minimum atomic E-state index is -5.90. The predicted octanol–water partition coefficient (Wildman–Crippen LogP) is 4.22. The highest BCUT2D eigenvalue weighted by molar-refractivity contribution is 5.78. The zero-order valence-electron chi connectivity index (χ0n) is 20.3. The Hall–Kier alpha value is -3.46. The molecule has 0 saturated carbocycles. The molecule has 210 valence electrons. The molecule has 2 amide bonds. The largest absolute Gasteiger partial charge is 0.461 e. The lowest BCUT2D eigenvalue weighted by Gasteiger charge is -2.30. The lowest BCUT2D eigenvalue weighted by molar-refractivity contribution is -0.293. The van der Waals surface area contributed by atoms with Gasteiger partial charge in [-0.25, -0.2) is 18.0 Å². The van der Waals surface area contributed by atoms with Gasteiger partial charge in [0.25, 0.3) is 0 Å². The van der Waals surface area contributed by atoms with Crippen LogP contribution >= 0.6 is 0 Å². The third-order valence-electron chi connectivity index (χ3n) is 5.44. The minimum absolute atomic E-state index is 0.302. The van der Waals surface area contributed by atoms with E-state index in [2.05, 4.69) is 15.5 Å². The lowest BCUT2D eigenvalue weighted by Crippen LogP contribution is -2.46. The van der Waals surface area contributed by atoms with Crippen LogP contribution in [-0.4, -0.2) is 56.0 Å². The number of halogens is 8. The van der Waals surface area contributed by atoms with E-state index in [4.69, 9.17) is 4.74 Å². The van der Waals surface area contributed by atoms with E-state index < -0.39 is 84.9 Å². The van der Waals surface area contributed by atoms with Gasteiger partial charge in [-0.3, -0.25) is 4.79 Å². The average molecular weight is 557 g/mol. The first-order valence-corrected chi connectivity index (χ1v) is 11.2. The molecule has 1 aromatic heterocycles. The minimum Gasteiger partial charge on any atom is -0.444 e. The summed E-state index contributed by atoms with van der Waals surface area (Å²) in [5.74, 6) is -11.8. The first-order chi connectivity index (χ1) is 17.4. The molecule has 1 aliphatic rings. The van der Waals surface area contributed by atoms with Crippen LogP contribution in [0, 0.1) is 17.5 Å². The molecule has 0 radical (unpaired) electrons. The zero-order valence-corrected chi connectivity index (χ0v) is 20.3. The summed E-state index contributed by atoms with van der Waals surface area (Å²) in [7, 11) is 0. The van der Waals surface area contributed by atoms with Gasteiger partial charge in [0.15, 0.2) is 17.5 Å². The number of alkyl carbamates (subject to hydrolysis) is 1. The van der Waals surface area contributed by atoms with Gasteiger partial charge in [0.1, 0.15) is 11.4 Å². The number of carbonyl (C=O) groups is 2. The SMILES string of the molecule is CC(C)(C)OC(=O)N[C@@H](CC(=O)N1CCn2c(nnc2C(F)(F)C(F)(F)F)C1)Cc1cc(F)c(F)cc1F. The maximum absolute atomic E-state index is 14.2. The van der Waals surface area contributed by atoms with Crippen LogP contribution in [0.3, 0.4) is 0 Å². The van der Waals surface area contributed by atoms with Gasteiger partial charge in [-0.2, -0.15) is 22.0 Å². The quantitative estimate of drug-likeness (QED) is 0.425. The molecule has 1 aliphatic heterocycles. The Labute approximate surface area is 210 Å². The Morgan fingerprint density at radius 2 is 1.63 bits per heavy atom. The predicted molar refractivity (Wildman–Crippen MR) is 113 cm³/mol. The molecule has 38 heavy (non-hydrogen) atoms. The van der Waals surface area contributed by atoms with Crippen molar-refractivity contribution in [2.24, 2.45) is 0 Å². The normalized spacial score (nSPS) is 15.2. The van der Waals surface area contributed by atoms with Crippen molar-refractivity contribution >= 4 is 12.0 Å². The Bertz CT molecular complexity index is 1210. The lowest BCUT2D eigenvalue weighted by atomic mass is 10.0. The summed E-state index contributed by atoms with van der Waals surface area (Å²) in [5.41, 5.74) is -1.30. The van der Waals surface area contributed by atoms with Gasteiger partial charge in [-0.15, -0.1) is 10.2 Å². The van der Waals surface area contributed by atoms with Crippen molar-refractivity contribution in [1.82, 2.24) is 25.0 Å². The Kier molecular flexibility index (Phi) is 7.94. The number of benzene rings is 1. The summed E-state index contributed by atoms with van der Waals surface area (Å²) in [5, 5.41) is 8.69. The summed E-state index contributed by atoms with van der Waals surface area (Å²) in [6.45, 7) is 3.42. The van der Waals surface area contributed by atoms with Crippen LogP contribution < -0.4 is 5.32 Å². The molecule has 16 heteroatoms. The zero-order chi connectivity index (χ0) is 28.6. The van der Waals surface area contributed by atoms with Gasteiger partial charge in [-0.05, 0) is 38.8 Å². The molecule has 0 unspecified atom stereocenters. The molecule has 0 bridgehead atoms. The first-order valence-electron chi connectivity index (χ1n) is 11.2. The van der Waals surface area contributed by atoms with Gasteiger partial charge in [0.2, 0.25) is 11.7 Å². The smallest absolute Gasteiger partial charge is 0.444 e. The van der Waals surface area contributed by atoms with Crippen molar-refractivity contribution < 1.29 is 49.4 Å². The number of hydrogen-bond donors (Lipinski definition) is 1. The van der Waals surface area contributed by atoms with Crippen LogP contribution in [0.5, 0.6) is 0 Å². The number of fused-ring (bicyclic) bond motifs is 1. The van der Waals surface area contributed by atoms with Crippen molar-refractivity contribution in [2.75, 3.05) is 6.54 Å². The summed E-state index contributed by atoms with van der Waals surface area (Å²) >= 11 is 0. The van der Waals surface area contributed by atoms with Crippen molar-refractivity contribution in [3.63, 3.8) is 0 Å². The number of nitrogens with zero attached hydrogens (tertiary/aromatic N) is 4. The molecule has 0 fully saturated rings. The summed E-state index contributed by atoms with van der Waals surface area (Å²) in [6, 6.07) is -0.311. The molecule has 2 heterocycles. The second-order valence-electron chi connectivity index (χ2n) is 9.59. The molecule has 1 aromatic carbocycles. The Balaban J connectivity index is 1.78. The van der Waals surface area contributed by atoms with Crippen LogP contribution in [0.4, 0.5) is 39.9 Å². The molecule has 1 N–H and O–H groups in total. The molecule has 8 nitrogen and oxygen atoms in total. The van der Waals surface area contributed by atoms with E-state index in [1.165, 1.54) is 0 Å². The number of ether oxygens (including phenoxy) is 1. The van der Waals surface area contributed by atoms with E-state index in [-0.39, 0.29) is 17.9 Å². The number of alkyl halides is 5. The third-order valence-corrected chi connectivity index (χ3v) is 5.44.